The molecule has 5 fully saturated rings. The van der Waals surface area contributed by atoms with Crippen LogP contribution in [0.4, 0.5) is 4.79 Å². The summed E-state index contributed by atoms with van der Waals surface area (Å²) in [6.07, 6.45) is 9.19. The Kier molecular flexibility index (Phi) is 10.7. The average molecular weight is 840 g/mol. The highest BCUT2D eigenvalue weighted by atomic mass is 32.2. The molecule has 1 unspecified atom stereocenters. The number of nitrogens with zero attached hydrogens (tertiary/aromatic N) is 2. The third kappa shape index (κ3) is 8.29. The van der Waals surface area contributed by atoms with Crippen molar-refractivity contribution in [2.24, 2.45) is 23.7 Å². The first kappa shape index (κ1) is 40.2. The van der Waals surface area contributed by atoms with Crippen molar-refractivity contribution in [1.29, 1.82) is 0 Å². The number of rotatable bonds is 9. The molecule has 0 spiro atoms. The molecule has 4 saturated carbocycles. The smallest absolute Gasteiger partial charge is 0.408 e. The van der Waals surface area contributed by atoms with Crippen molar-refractivity contribution in [2.45, 2.75) is 113 Å². The zero-order valence-electron chi connectivity index (χ0n) is 34.0. The number of allylic oxidation sites excluding steroid dienone is 1. The summed E-state index contributed by atoms with van der Waals surface area (Å²) in [6, 6.07) is 15.1. The number of pyridine rings is 1. The van der Waals surface area contributed by atoms with Gasteiger partial charge < -0.3 is 29.7 Å². The first-order valence-electron chi connectivity index (χ1n) is 21.4. The molecule has 60 heavy (non-hydrogen) atoms. The Morgan fingerprint density at radius 1 is 0.950 bits per heavy atom. The van der Waals surface area contributed by atoms with Crippen LogP contribution in [0.3, 0.4) is 0 Å². The maximum absolute atomic E-state index is 15.0. The number of sulfonamides is 1. The Morgan fingerprint density at radius 2 is 1.73 bits per heavy atom. The molecular weight excluding hydrogens is 787 g/mol. The Bertz CT molecular complexity index is 2310. The molecule has 2 aromatic carbocycles. The Balaban J connectivity index is 1.04. The van der Waals surface area contributed by atoms with Crippen LogP contribution in [0.5, 0.6) is 11.6 Å². The molecule has 0 radical (unpaired) electrons. The van der Waals surface area contributed by atoms with E-state index in [1.807, 2.05) is 73.7 Å². The number of carbonyl (C=O) groups is 4. The summed E-state index contributed by atoms with van der Waals surface area (Å²) in [6.45, 7) is 1.91. The molecule has 6 aliphatic rings. The molecule has 14 nitrogen and oxygen atoms in total. The van der Waals surface area contributed by atoms with E-state index in [1.165, 1.54) is 11.3 Å². The van der Waals surface area contributed by atoms with Crippen molar-refractivity contribution < 1.29 is 41.8 Å². The number of carbonyl (C=O) groups excluding carboxylic acids is 4. The lowest BCUT2D eigenvalue weighted by Gasteiger charge is -2.32. The van der Waals surface area contributed by atoms with Gasteiger partial charge in [0.2, 0.25) is 27.7 Å². The molecule has 0 bridgehead atoms. The average Bonchev–Trinajstić information content (AvgIpc) is 4.20. The van der Waals surface area contributed by atoms with Gasteiger partial charge in [0.15, 0.2) is 0 Å². The van der Waals surface area contributed by atoms with Crippen molar-refractivity contribution in [3.63, 3.8) is 0 Å². The van der Waals surface area contributed by atoms with Crippen molar-refractivity contribution in [3.05, 3.63) is 66.7 Å². The van der Waals surface area contributed by atoms with Crippen LogP contribution in [0.25, 0.3) is 22.0 Å². The molecule has 15 heteroatoms. The fraction of sp³-hybridized carbons (Fsp3) is 0.533. The summed E-state index contributed by atoms with van der Waals surface area (Å²) < 4.78 is 46.3. The first-order chi connectivity index (χ1) is 28.9. The van der Waals surface area contributed by atoms with Crippen molar-refractivity contribution in [2.75, 3.05) is 13.7 Å². The van der Waals surface area contributed by atoms with Gasteiger partial charge in [-0.1, -0.05) is 55.8 Å². The van der Waals surface area contributed by atoms with E-state index in [2.05, 4.69) is 15.4 Å². The standard InChI is InChI=1S/C45H53N5O9S/c1-26-10-6-3-4-9-13-31-24-45(31,43(53)49-60(55,56)35-15-16-35)48-40(51)38-23-34(25-50(38)42(52)39(26)47-44(54)59-33-19-28-18-29(28)20-33)58-41-36-17-14-32(57-2)21-30(36)22-37(46-41)27-11-7-5-8-12-27/h5,7-9,11-14,17,21-22,26,28-29,31,33-35,38-39H,3-4,6,10,15-16,18-20,23-25H2,1-2H3,(H,47,54)(H,48,51)(H,49,53)/b13-9-/t26-,28-,29+,31-,33?,34-,38+,39+,45-/m1/s1. The number of hydrogen-bond donors (Lipinski definition) is 3. The minimum atomic E-state index is -3.91. The molecule has 3 heterocycles. The Labute approximate surface area is 350 Å². The van der Waals surface area contributed by atoms with Crippen LogP contribution >= 0.6 is 0 Å². The Hall–Kier alpha value is -5.18. The van der Waals surface area contributed by atoms with E-state index in [9.17, 15) is 27.6 Å². The van der Waals surface area contributed by atoms with E-state index in [-0.39, 0.29) is 31.4 Å². The summed E-state index contributed by atoms with van der Waals surface area (Å²) in [4.78, 5) is 63.4. The second-order valence-electron chi connectivity index (χ2n) is 17.8. The zero-order chi connectivity index (χ0) is 41.8. The first-order valence-corrected chi connectivity index (χ1v) is 23.0. The predicted octanol–water partition coefficient (Wildman–Crippen LogP) is 5.40. The monoisotopic (exact) mass is 839 g/mol. The summed E-state index contributed by atoms with van der Waals surface area (Å²) in [5.41, 5.74) is 0.0116. The van der Waals surface area contributed by atoms with E-state index in [4.69, 9.17) is 19.2 Å². The normalized spacial score (nSPS) is 31.9. The third-order valence-corrected chi connectivity index (χ3v) is 15.2. The van der Waals surface area contributed by atoms with E-state index >= 15 is 0 Å². The number of methoxy groups -OCH3 is 1. The highest BCUT2D eigenvalue weighted by Gasteiger charge is 2.62. The number of amides is 4. The molecular formula is C45H53N5O9S. The van der Waals surface area contributed by atoms with Crippen molar-refractivity contribution >= 4 is 44.6 Å². The van der Waals surface area contributed by atoms with E-state index < -0.39 is 68.7 Å². The van der Waals surface area contributed by atoms with Gasteiger partial charge in [-0.25, -0.2) is 18.2 Å². The molecule has 2 aliphatic heterocycles. The van der Waals surface area contributed by atoms with Gasteiger partial charge in [-0.05, 0) is 105 Å². The molecule has 3 N–H and O–H groups in total. The van der Waals surface area contributed by atoms with Gasteiger partial charge in [0, 0.05) is 23.3 Å². The lowest BCUT2D eigenvalue weighted by atomic mass is 9.93. The number of ether oxygens (including phenoxy) is 3. The molecule has 4 aliphatic carbocycles. The fourth-order valence-corrected chi connectivity index (χ4v) is 10.9. The van der Waals surface area contributed by atoms with Crippen molar-refractivity contribution in [3.8, 4) is 22.9 Å². The topological polar surface area (TPSA) is 182 Å². The van der Waals surface area contributed by atoms with Gasteiger partial charge in [-0.15, -0.1) is 0 Å². The molecule has 1 aromatic heterocycles. The summed E-state index contributed by atoms with van der Waals surface area (Å²) >= 11 is 0. The number of aromatic nitrogens is 1. The third-order valence-electron chi connectivity index (χ3n) is 13.4. The van der Waals surface area contributed by atoms with Crippen LogP contribution in [0.1, 0.15) is 77.6 Å². The number of alkyl carbamates (subject to hydrolysis) is 1. The highest BCUT2D eigenvalue weighted by molar-refractivity contribution is 7.91. The van der Waals surface area contributed by atoms with Gasteiger partial charge in [0.25, 0.3) is 5.91 Å². The lowest BCUT2D eigenvalue weighted by molar-refractivity contribution is -0.142. The molecule has 9 rings (SSSR count). The van der Waals surface area contributed by atoms with Gasteiger partial charge >= 0.3 is 6.09 Å². The van der Waals surface area contributed by atoms with Crippen LogP contribution in [0, 0.1) is 23.7 Å². The fourth-order valence-electron chi connectivity index (χ4n) is 9.53. The van der Waals surface area contributed by atoms with Gasteiger partial charge in [0.05, 0.1) is 24.6 Å². The van der Waals surface area contributed by atoms with Crippen LogP contribution < -0.4 is 24.8 Å². The van der Waals surface area contributed by atoms with Crippen LogP contribution in [-0.2, 0) is 29.1 Å². The van der Waals surface area contributed by atoms with Gasteiger partial charge in [-0.2, -0.15) is 0 Å². The minimum absolute atomic E-state index is 0.0175. The molecule has 4 amide bonds. The largest absolute Gasteiger partial charge is 0.497 e. The molecule has 3 aromatic rings. The van der Waals surface area contributed by atoms with Crippen LogP contribution in [-0.4, -0.2) is 90.9 Å². The van der Waals surface area contributed by atoms with Crippen molar-refractivity contribution in [1.82, 2.24) is 25.2 Å². The SMILES string of the molecule is COc1ccc2c(O[C@@H]3C[C@H]4C(=O)N[C@]5(C(=O)NS(=O)(=O)C6CC6)C[C@H]5/C=C\CCCC[C@@H](C)[C@H](NC(=O)OC5C[C@@H]6C[C@@H]6C5)C(=O)N4C3)nc(-c3ccccc3)cc2c1. The minimum Gasteiger partial charge on any atom is -0.497 e. The lowest BCUT2D eigenvalue weighted by Crippen LogP contribution is -2.59. The van der Waals surface area contributed by atoms with Crippen LogP contribution in [0.2, 0.25) is 0 Å². The number of benzene rings is 2. The van der Waals surface area contributed by atoms with E-state index in [0.717, 1.165) is 36.6 Å². The predicted molar refractivity (Wildman–Crippen MR) is 222 cm³/mol. The maximum Gasteiger partial charge on any atom is 0.408 e. The number of hydrogen-bond acceptors (Lipinski definition) is 10. The quantitative estimate of drug-likeness (QED) is 0.236. The molecule has 9 atom stereocenters. The van der Waals surface area contributed by atoms with E-state index in [1.54, 1.807) is 7.11 Å². The molecule has 318 valence electrons. The number of nitrogens with one attached hydrogen (secondary N) is 3. The van der Waals surface area contributed by atoms with Gasteiger partial charge in [0.1, 0.15) is 35.6 Å². The summed E-state index contributed by atoms with van der Waals surface area (Å²) in [5, 5.41) is 6.74. The summed E-state index contributed by atoms with van der Waals surface area (Å²) in [5.74, 6) is -0.431. The summed E-state index contributed by atoms with van der Waals surface area (Å²) in [7, 11) is -2.31. The van der Waals surface area contributed by atoms with Crippen LogP contribution in [0.15, 0.2) is 66.7 Å². The second-order valence-corrected chi connectivity index (χ2v) is 19.7. The van der Waals surface area contributed by atoms with E-state index in [0.29, 0.717) is 60.2 Å². The second kappa shape index (κ2) is 16.0. The Morgan fingerprint density at radius 3 is 2.48 bits per heavy atom. The zero-order valence-corrected chi connectivity index (χ0v) is 34.8. The number of fused-ring (bicyclic) bond motifs is 4. The molecule has 1 saturated heterocycles. The van der Waals surface area contributed by atoms with Gasteiger partial charge in [-0.3, -0.25) is 19.1 Å². The highest BCUT2D eigenvalue weighted by Crippen LogP contribution is 2.52. The maximum atomic E-state index is 15.0.